The van der Waals surface area contributed by atoms with Crippen LogP contribution in [0.15, 0.2) is 194 Å². The van der Waals surface area contributed by atoms with Crippen LogP contribution in [0, 0.1) is 0 Å². The summed E-state index contributed by atoms with van der Waals surface area (Å²) < 4.78 is 13.2. The molecule has 0 fully saturated rings. The molecular weight excluding hydrogens is 605 g/mol. The van der Waals surface area contributed by atoms with E-state index in [4.69, 9.17) is 1.37 Å². The molecule has 2 aromatic heterocycles. The maximum Gasteiger partial charge on any atom is 0.0623 e. The molecule has 50 heavy (non-hydrogen) atoms. The summed E-state index contributed by atoms with van der Waals surface area (Å²) in [4.78, 5) is 0. The third kappa shape index (κ3) is 4.57. The lowest BCUT2D eigenvalue weighted by Crippen LogP contribution is -1.96. The van der Waals surface area contributed by atoms with E-state index in [0.717, 1.165) is 49.8 Å². The number of hydrogen-bond acceptors (Lipinski definition) is 0. The Bertz CT molecular complexity index is 2840. The van der Waals surface area contributed by atoms with Crippen molar-refractivity contribution in [3.05, 3.63) is 194 Å². The highest BCUT2D eigenvalue weighted by Gasteiger charge is 2.17. The molecule has 10 rings (SSSR count). The molecule has 0 aliphatic rings. The monoisotopic (exact) mass is 637 g/mol. The van der Waals surface area contributed by atoms with Gasteiger partial charge in [-0.3, -0.25) is 0 Å². The topological polar surface area (TPSA) is 9.86 Å². The molecule has 0 bridgehead atoms. The van der Waals surface area contributed by atoms with Crippen molar-refractivity contribution in [2.75, 3.05) is 0 Å². The number of nitrogens with zero attached hydrogens (tertiary/aromatic N) is 2. The van der Waals surface area contributed by atoms with E-state index in [1.165, 1.54) is 38.5 Å². The van der Waals surface area contributed by atoms with Gasteiger partial charge in [0.15, 0.2) is 0 Å². The minimum absolute atomic E-state index is 0.513. The molecule has 0 atom stereocenters. The number of para-hydroxylation sites is 3. The summed E-state index contributed by atoms with van der Waals surface area (Å²) in [6.45, 7) is 0. The second kappa shape index (κ2) is 11.5. The quantitative estimate of drug-likeness (QED) is 0.178. The summed E-state index contributed by atoms with van der Waals surface area (Å²) in [7, 11) is 0. The Morgan fingerprint density at radius 3 is 1.52 bits per heavy atom. The smallest absolute Gasteiger partial charge is 0.0623 e. The zero-order chi connectivity index (χ0) is 33.9. The molecule has 0 amide bonds. The molecule has 2 nitrogen and oxygen atoms in total. The van der Waals surface area contributed by atoms with Crippen LogP contribution in [0.1, 0.15) is 1.37 Å². The molecule has 0 radical (unpaired) electrons. The van der Waals surface area contributed by atoms with Crippen LogP contribution in [0.2, 0.25) is 0 Å². The van der Waals surface area contributed by atoms with Crippen molar-refractivity contribution in [1.29, 1.82) is 0 Å². The van der Waals surface area contributed by atoms with Gasteiger partial charge in [0.05, 0.1) is 23.4 Å². The van der Waals surface area contributed by atoms with E-state index in [9.17, 15) is 0 Å². The first-order valence-corrected chi connectivity index (χ1v) is 17.1. The van der Waals surface area contributed by atoms with Crippen LogP contribution >= 0.6 is 0 Å². The number of aromatic nitrogens is 2. The van der Waals surface area contributed by atoms with Crippen molar-refractivity contribution in [1.82, 2.24) is 9.13 Å². The van der Waals surface area contributed by atoms with Crippen molar-refractivity contribution in [3.8, 4) is 44.8 Å². The maximum absolute atomic E-state index is 8.46. The summed E-state index contributed by atoms with van der Waals surface area (Å²) in [6.07, 6.45) is 0. The van der Waals surface area contributed by atoms with E-state index in [1.54, 1.807) is 0 Å². The van der Waals surface area contributed by atoms with Gasteiger partial charge >= 0.3 is 0 Å². The van der Waals surface area contributed by atoms with Crippen LogP contribution in [0.5, 0.6) is 0 Å². The van der Waals surface area contributed by atoms with Gasteiger partial charge in [0.2, 0.25) is 0 Å². The van der Waals surface area contributed by atoms with Crippen molar-refractivity contribution >= 4 is 43.6 Å². The summed E-state index contributed by atoms with van der Waals surface area (Å²) in [5.41, 5.74) is 13.9. The number of benzene rings is 8. The first-order chi connectivity index (χ1) is 25.2. The first-order valence-electron chi connectivity index (χ1n) is 17.6. The van der Waals surface area contributed by atoms with Crippen LogP contribution in [0.4, 0.5) is 0 Å². The second-order valence-corrected chi connectivity index (χ2v) is 12.9. The van der Waals surface area contributed by atoms with Crippen LogP contribution in [-0.2, 0) is 0 Å². The largest absolute Gasteiger partial charge is 0.309 e. The Balaban J connectivity index is 1.21. The van der Waals surface area contributed by atoms with E-state index < -0.39 is 0 Å². The van der Waals surface area contributed by atoms with E-state index in [-0.39, 0.29) is 0 Å². The third-order valence-corrected chi connectivity index (χ3v) is 10.0. The van der Waals surface area contributed by atoms with Gasteiger partial charge in [-0.05, 0) is 94.0 Å². The van der Waals surface area contributed by atoms with Gasteiger partial charge in [0.25, 0.3) is 0 Å². The lowest BCUT2D eigenvalue weighted by Gasteiger charge is -2.14. The Labute approximate surface area is 292 Å². The molecule has 10 aromatic rings. The van der Waals surface area contributed by atoms with Crippen molar-refractivity contribution in [2.24, 2.45) is 0 Å². The van der Waals surface area contributed by atoms with Gasteiger partial charge < -0.3 is 9.13 Å². The lowest BCUT2D eigenvalue weighted by molar-refractivity contribution is 1.18. The Morgan fingerprint density at radius 2 is 0.800 bits per heavy atom. The Hall–Kier alpha value is -6.64. The van der Waals surface area contributed by atoms with Gasteiger partial charge in [-0.2, -0.15) is 0 Å². The standard InChI is InChI=1S/C48H32N2/c1-4-14-33(15-5-1)37-28-38(34-16-6-2-7-17-34)30-40(29-37)50-45-22-12-10-20-41(45)43-26-24-36(32-48(43)50)35-25-27-47-44(31-35)42-21-11-13-23-46(42)49(47)39-18-8-3-9-19-39/h1-32H/i11D. The van der Waals surface area contributed by atoms with Crippen LogP contribution in [0.3, 0.4) is 0 Å². The summed E-state index contributed by atoms with van der Waals surface area (Å²) in [6, 6.07) is 67.6. The van der Waals surface area contributed by atoms with Gasteiger partial charge in [-0.15, -0.1) is 0 Å². The molecule has 0 spiro atoms. The molecule has 0 aliphatic heterocycles. The zero-order valence-electron chi connectivity index (χ0n) is 28.3. The van der Waals surface area contributed by atoms with E-state index >= 15 is 0 Å². The molecule has 2 heteroatoms. The lowest BCUT2D eigenvalue weighted by atomic mass is 9.98. The maximum atomic E-state index is 8.46. The van der Waals surface area contributed by atoms with Crippen LogP contribution < -0.4 is 0 Å². The van der Waals surface area contributed by atoms with E-state index in [0.29, 0.717) is 6.04 Å². The minimum Gasteiger partial charge on any atom is -0.309 e. The Morgan fingerprint density at radius 1 is 0.280 bits per heavy atom. The van der Waals surface area contributed by atoms with Gasteiger partial charge in [-0.1, -0.05) is 133 Å². The predicted octanol–water partition coefficient (Wildman–Crippen LogP) is 12.9. The summed E-state index contributed by atoms with van der Waals surface area (Å²) in [5.74, 6) is 0. The third-order valence-electron chi connectivity index (χ3n) is 10.0. The zero-order valence-corrected chi connectivity index (χ0v) is 27.3. The molecule has 0 N–H and O–H groups in total. The highest BCUT2D eigenvalue weighted by atomic mass is 15.0. The van der Waals surface area contributed by atoms with Crippen molar-refractivity contribution < 1.29 is 1.37 Å². The molecule has 0 saturated heterocycles. The van der Waals surface area contributed by atoms with Crippen molar-refractivity contribution in [2.45, 2.75) is 0 Å². The number of hydrogen-bond donors (Lipinski definition) is 0. The average Bonchev–Trinajstić information content (AvgIpc) is 3.70. The second-order valence-electron chi connectivity index (χ2n) is 12.9. The molecule has 234 valence electrons. The summed E-state index contributed by atoms with van der Waals surface area (Å²) in [5, 5.41) is 4.69. The van der Waals surface area contributed by atoms with Crippen LogP contribution in [-0.4, -0.2) is 9.13 Å². The first kappa shape index (κ1) is 27.3. The summed E-state index contributed by atoms with van der Waals surface area (Å²) >= 11 is 0. The SMILES string of the molecule is [2H]c1ccc2c(c1)c1cc(-c3ccc4c5ccccc5n(-c5cc(-c6ccccc6)cc(-c6ccccc6)c5)c4c3)ccc1n2-c1ccccc1. The highest BCUT2D eigenvalue weighted by molar-refractivity contribution is 6.12. The molecule has 0 unspecified atom stereocenters. The fraction of sp³-hybridized carbons (Fsp3) is 0. The molecule has 0 saturated carbocycles. The molecule has 0 aliphatic carbocycles. The Kier molecular flexibility index (Phi) is 6.29. The van der Waals surface area contributed by atoms with Gasteiger partial charge in [0.1, 0.15) is 0 Å². The fourth-order valence-corrected chi connectivity index (χ4v) is 7.71. The average molecular weight is 638 g/mol. The fourth-order valence-electron chi connectivity index (χ4n) is 7.71. The number of rotatable bonds is 5. The number of fused-ring (bicyclic) bond motifs is 6. The predicted molar refractivity (Wildman–Crippen MR) is 211 cm³/mol. The highest BCUT2D eigenvalue weighted by Crippen LogP contribution is 2.39. The van der Waals surface area contributed by atoms with Gasteiger partial charge in [0, 0.05) is 32.9 Å². The molecule has 2 heterocycles. The van der Waals surface area contributed by atoms with E-state index in [1.807, 2.05) is 18.2 Å². The van der Waals surface area contributed by atoms with Crippen LogP contribution in [0.25, 0.3) is 88.4 Å². The minimum atomic E-state index is 0.513. The van der Waals surface area contributed by atoms with Crippen molar-refractivity contribution in [3.63, 3.8) is 0 Å². The normalized spacial score (nSPS) is 11.9. The molecule has 8 aromatic carbocycles. The molecular formula is C48H32N2. The van der Waals surface area contributed by atoms with E-state index in [2.05, 4.69) is 179 Å². The van der Waals surface area contributed by atoms with Gasteiger partial charge in [-0.25, -0.2) is 0 Å².